The number of rotatable bonds is 4. The predicted molar refractivity (Wildman–Crippen MR) is 77.6 cm³/mol. The van der Waals surface area contributed by atoms with E-state index in [0.717, 1.165) is 0 Å². The van der Waals surface area contributed by atoms with Crippen LogP contribution < -0.4 is 5.32 Å². The molecule has 1 heterocycles. The summed E-state index contributed by atoms with van der Waals surface area (Å²) >= 11 is 5.83. The topological polar surface area (TPSA) is 82.8 Å². The van der Waals surface area contributed by atoms with Crippen molar-refractivity contribution in [3.8, 4) is 0 Å². The minimum absolute atomic E-state index is 0.00601. The van der Waals surface area contributed by atoms with Gasteiger partial charge in [-0.1, -0.05) is 11.6 Å². The molecule has 0 saturated carbocycles. The fraction of sp³-hybridized carbons (Fsp3) is 0.143. The Hall–Kier alpha value is -2.47. The third kappa shape index (κ3) is 4.00. The number of furan rings is 1. The van der Waals surface area contributed by atoms with Gasteiger partial charge in [0, 0.05) is 17.8 Å². The van der Waals surface area contributed by atoms with Gasteiger partial charge < -0.3 is 19.7 Å². The second-order valence-electron chi connectivity index (χ2n) is 4.40. The smallest absolute Gasteiger partial charge is 0.335 e. The van der Waals surface area contributed by atoms with Crippen molar-refractivity contribution < 1.29 is 19.1 Å². The van der Waals surface area contributed by atoms with Gasteiger partial charge in [0.05, 0.1) is 18.4 Å². The van der Waals surface area contributed by atoms with Crippen LogP contribution in [-0.4, -0.2) is 29.1 Å². The fourth-order valence-electron chi connectivity index (χ4n) is 1.71. The van der Waals surface area contributed by atoms with Gasteiger partial charge in [0.1, 0.15) is 5.76 Å². The number of carboxylic acids is 1. The van der Waals surface area contributed by atoms with Crippen LogP contribution in [0.25, 0.3) is 0 Å². The molecule has 0 aliphatic carbocycles. The lowest BCUT2D eigenvalue weighted by Gasteiger charge is -2.17. The van der Waals surface area contributed by atoms with Gasteiger partial charge in [0.15, 0.2) is 0 Å². The summed E-state index contributed by atoms with van der Waals surface area (Å²) in [4.78, 5) is 24.4. The SMILES string of the molecule is CN(Cc1ccco1)C(=O)Nc1cc(Cl)cc(C(=O)O)c1. The number of carbonyl (C=O) groups is 2. The molecule has 0 radical (unpaired) electrons. The van der Waals surface area contributed by atoms with Crippen molar-refractivity contribution in [2.24, 2.45) is 0 Å². The van der Waals surface area contributed by atoms with Crippen LogP contribution >= 0.6 is 11.6 Å². The second kappa shape index (κ2) is 6.32. The number of amides is 2. The van der Waals surface area contributed by atoms with Gasteiger partial charge in [0.2, 0.25) is 0 Å². The molecule has 2 aromatic rings. The van der Waals surface area contributed by atoms with Crippen LogP contribution in [0.3, 0.4) is 0 Å². The molecule has 0 aliphatic heterocycles. The van der Waals surface area contributed by atoms with Crippen molar-refractivity contribution in [1.82, 2.24) is 4.90 Å². The molecular weight excluding hydrogens is 296 g/mol. The number of aromatic carboxylic acids is 1. The largest absolute Gasteiger partial charge is 0.478 e. The van der Waals surface area contributed by atoms with Gasteiger partial charge in [0.25, 0.3) is 0 Å². The first-order chi connectivity index (χ1) is 9.95. The molecule has 110 valence electrons. The highest BCUT2D eigenvalue weighted by molar-refractivity contribution is 6.31. The van der Waals surface area contributed by atoms with Crippen molar-refractivity contribution in [1.29, 1.82) is 0 Å². The molecule has 2 amide bonds. The van der Waals surface area contributed by atoms with E-state index in [0.29, 0.717) is 18.0 Å². The van der Waals surface area contributed by atoms with Crippen LogP contribution in [-0.2, 0) is 6.54 Å². The zero-order valence-electron chi connectivity index (χ0n) is 11.2. The maximum atomic E-state index is 12.0. The maximum Gasteiger partial charge on any atom is 0.335 e. The van der Waals surface area contributed by atoms with Crippen molar-refractivity contribution in [2.75, 3.05) is 12.4 Å². The average Bonchev–Trinajstić information content (AvgIpc) is 2.90. The molecule has 0 bridgehead atoms. The molecule has 6 nitrogen and oxygen atoms in total. The number of benzene rings is 1. The minimum atomic E-state index is -1.11. The van der Waals surface area contributed by atoms with E-state index in [1.165, 1.54) is 29.4 Å². The van der Waals surface area contributed by atoms with Gasteiger partial charge in [-0.05, 0) is 30.3 Å². The maximum absolute atomic E-state index is 12.0. The van der Waals surface area contributed by atoms with E-state index in [4.69, 9.17) is 21.1 Å². The Labute approximate surface area is 125 Å². The molecule has 7 heteroatoms. The lowest BCUT2D eigenvalue weighted by atomic mass is 10.2. The Morgan fingerprint density at radius 1 is 1.38 bits per heavy atom. The first kappa shape index (κ1) is 14.9. The molecule has 0 unspecified atom stereocenters. The number of nitrogens with one attached hydrogen (secondary N) is 1. The van der Waals surface area contributed by atoms with E-state index in [-0.39, 0.29) is 10.6 Å². The predicted octanol–water partition coefficient (Wildman–Crippen LogP) is 3.30. The number of hydrogen-bond acceptors (Lipinski definition) is 3. The number of carbonyl (C=O) groups excluding carboxylic acids is 1. The van der Waals surface area contributed by atoms with Gasteiger partial charge in [-0.25, -0.2) is 9.59 Å². The van der Waals surface area contributed by atoms with E-state index in [1.54, 1.807) is 19.2 Å². The third-order valence-electron chi connectivity index (χ3n) is 2.72. The molecule has 0 saturated heterocycles. The molecule has 2 rings (SSSR count). The standard InChI is InChI=1S/C14H13ClN2O4/c1-17(8-12-3-2-4-21-12)14(20)16-11-6-9(13(18)19)5-10(15)7-11/h2-7H,8H2,1H3,(H,16,20)(H,18,19). The number of urea groups is 1. The second-order valence-corrected chi connectivity index (χ2v) is 4.84. The highest BCUT2D eigenvalue weighted by Crippen LogP contribution is 2.19. The lowest BCUT2D eigenvalue weighted by molar-refractivity contribution is 0.0697. The van der Waals surface area contributed by atoms with Crippen LogP contribution in [0.2, 0.25) is 5.02 Å². The molecule has 0 aliphatic rings. The Morgan fingerprint density at radius 3 is 2.76 bits per heavy atom. The molecule has 2 N–H and O–H groups in total. The van der Waals surface area contributed by atoms with Gasteiger partial charge >= 0.3 is 12.0 Å². The van der Waals surface area contributed by atoms with E-state index >= 15 is 0 Å². The first-order valence-corrected chi connectivity index (χ1v) is 6.42. The number of nitrogens with zero attached hydrogens (tertiary/aromatic N) is 1. The summed E-state index contributed by atoms with van der Waals surface area (Å²) in [6.07, 6.45) is 1.52. The average molecular weight is 309 g/mol. The summed E-state index contributed by atoms with van der Waals surface area (Å²) in [5, 5.41) is 11.8. The Balaban J connectivity index is 2.06. The molecule has 0 fully saturated rings. The summed E-state index contributed by atoms with van der Waals surface area (Å²) in [5.41, 5.74) is 0.322. The van der Waals surface area contributed by atoms with E-state index in [2.05, 4.69) is 5.32 Å². The van der Waals surface area contributed by atoms with E-state index in [9.17, 15) is 9.59 Å². The Bertz CT molecular complexity index is 655. The highest BCUT2D eigenvalue weighted by atomic mass is 35.5. The van der Waals surface area contributed by atoms with Crippen LogP contribution in [0.5, 0.6) is 0 Å². The summed E-state index contributed by atoms with van der Waals surface area (Å²) < 4.78 is 5.15. The zero-order chi connectivity index (χ0) is 15.4. The first-order valence-electron chi connectivity index (χ1n) is 6.04. The molecule has 1 aromatic carbocycles. The van der Waals surface area contributed by atoms with Crippen molar-refractivity contribution >= 4 is 29.3 Å². The Morgan fingerprint density at radius 2 is 2.14 bits per heavy atom. The summed E-state index contributed by atoms with van der Waals surface area (Å²) in [5.74, 6) is -0.470. The van der Waals surface area contributed by atoms with Gasteiger partial charge in [-0.2, -0.15) is 0 Å². The highest BCUT2D eigenvalue weighted by Gasteiger charge is 2.13. The zero-order valence-corrected chi connectivity index (χ0v) is 11.9. The number of anilines is 1. The monoisotopic (exact) mass is 308 g/mol. The van der Waals surface area contributed by atoms with Crippen LogP contribution in [0.15, 0.2) is 41.0 Å². The van der Waals surface area contributed by atoms with Crippen LogP contribution in [0.4, 0.5) is 10.5 Å². The number of carboxylic acid groups (broad SMARTS) is 1. The quantitative estimate of drug-likeness (QED) is 0.908. The molecule has 0 atom stereocenters. The van der Waals surface area contributed by atoms with Crippen molar-refractivity contribution in [2.45, 2.75) is 6.54 Å². The van der Waals surface area contributed by atoms with Crippen LogP contribution in [0, 0.1) is 0 Å². The van der Waals surface area contributed by atoms with E-state index in [1.807, 2.05) is 0 Å². The van der Waals surface area contributed by atoms with Crippen LogP contribution in [0.1, 0.15) is 16.1 Å². The Kier molecular flexibility index (Phi) is 4.49. The summed E-state index contributed by atoms with van der Waals surface area (Å²) in [6.45, 7) is 0.297. The molecular formula is C14H13ClN2O4. The molecule has 0 spiro atoms. The van der Waals surface area contributed by atoms with Gasteiger partial charge in [-0.3, -0.25) is 0 Å². The number of hydrogen-bond donors (Lipinski definition) is 2. The normalized spacial score (nSPS) is 10.2. The lowest BCUT2D eigenvalue weighted by Crippen LogP contribution is -2.30. The molecule has 1 aromatic heterocycles. The molecule has 21 heavy (non-hydrogen) atoms. The summed E-state index contributed by atoms with van der Waals surface area (Å²) in [6, 6.07) is 7.22. The van der Waals surface area contributed by atoms with E-state index < -0.39 is 12.0 Å². The summed E-state index contributed by atoms with van der Waals surface area (Å²) in [7, 11) is 1.60. The number of halogens is 1. The van der Waals surface area contributed by atoms with Crippen molar-refractivity contribution in [3.63, 3.8) is 0 Å². The third-order valence-corrected chi connectivity index (χ3v) is 2.93. The fourth-order valence-corrected chi connectivity index (χ4v) is 1.95. The van der Waals surface area contributed by atoms with Gasteiger partial charge in [-0.15, -0.1) is 0 Å². The minimum Gasteiger partial charge on any atom is -0.478 e. The van der Waals surface area contributed by atoms with Crippen molar-refractivity contribution in [3.05, 3.63) is 52.9 Å².